The van der Waals surface area contributed by atoms with E-state index in [1.54, 1.807) is 10.6 Å². The van der Waals surface area contributed by atoms with E-state index in [1.165, 1.54) is 20.0 Å². The van der Waals surface area contributed by atoms with Gasteiger partial charge in [-0.1, -0.05) is 56.0 Å². The summed E-state index contributed by atoms with van der Waals surface area (Å²) in [5.41, 5.74) is 1.54. The maximum absolute atomic E-state index is 12.9. The smallest absolute Gasteiger partial charge is 0.408 e. The highest BCUT2D eigenvalue weighted by Crippen LogP contribution is 2.35. The summed E-state index contributed by atoms with van der Waals surface area (Å²) in [5.74, 6) is -0.653. The number of hydrogen-bond donors (Lipinski definition) is 2. The molecule has 2 atom stereocenters. The Balaban J connectivity index is 1.38. The molecule has 1 aliphatic carbocycles. The van der Waals surface area contributed by atoms with Crippen LogP contribution in [0.3, 0.4) is 0 Å². The molecule has 3 aromatic rings. The largest absolute Gasteiger partial charge is 0.468 e. The van der Waals surface area contributed by atoms with Gasteiger partial charge in [0.2, 0.25) is 5.91 Å². The number of carbonyl (C=O) groups is 3. The molecule has 2 fully saturated rings. The lowest BCUT2D eigenvalue weighted by Crippen LogP contribution is -2.52. The highest BCUT2D eigenvalue weighted by atomic mass is 16.5. The number of imidazole rings is 1. The van der Waals surface area contributed by atoms with E-state index in [4.69, 9.17) is 19.6 Å². The first kappa shape index (κ1) is 27.6. The van der Waals surface area contributed by atoms with Gasteiger partial charge in [-0.15, -0.1) is 0 Å². The first-order valence-corrected chi connectivity index (χ1v) is 14.2. The number of carbonyl (C=O) groups excluding carboxylic acids is 3. The van der Waals surface area contributed by atoms with Crippen LogP contribution >= 0.6 is 0 Å². The summed E-state index contributed by atoms with van der Waals surface area (Å²) < 4.78 is 12.2. The quantitative estimate of drug-likeness (QED) is 0.245. The number of aromatic nitrogens is 3. The van der Waals surface area contributed by atoms with Crippen LogP contribution in [-0.4, -0.2) is 46.2 Å². The fraction of sp³-hybridized carbons (Fsp3) is 0.500. The molecule has 0 spiro atoms. The van der Waals surface area contributed by atoms with Crippen LogP contribution < -0.4 is 10.6 Å². The van der Waals surface area contributed by atoms with Crippen molar-refractivity contribution in [3.05, 3.63) is 65.6 Å². The van der Waals surface area contributed by atoms with E-state index in [0.717, 1.165) is 31.2 Å². The van der Waals surface area contributed by atoms with Gasteiger partial charge in [-0.2, -0.15) is 5.10 Å². The maximum Gasteiger partial charge on any atom is 0.408 e. The number of methoxy groups -OCH3 is 1. The third kappa shape index (κ3) is 6.11. The van der Waals surface area contributed by atoms with Crippen molar-refractivity contribution in [1.82, 2.24) is 25.2 Å². The molecule has 1 saturated heterocycles. The number of nitrogens with one attached hydrogen (secondary N) is 2. The zero-order valence-corrected chi connectivity index (χ0v) is 22.9. The van der Waals surface area contributed by atoms with Crippen LogP contribution in [0.15, 0.2) is 48.7 Å². The zero-order chi connectivity index (χ0) is 28.0. The molecule has 2 unspecified atom stereocenters. The van der Waals surface area contributed by atoms with Gasteiger partial charge in [0.05, 0.1) is 30.7 Å². The Morgan fingerprint density at radius 1 is 1.10 bits per heavy atom. The van der Waals surface area contributed by atoms with Crippen molar-refractivity contribution < 1.29 is 23.9 Å². The fourth-order valence-corrected chi connectivity index (χ4v) is 5.97. The van der Waals surface area contributed by atoms with E-state index in [1.807, 2.05) is 42.6 Å². The van der Waals surface area contributed by atoms with Crippen LogP contribution in [0.1, 0.15) is 74.4 Å². The lowest BCUT2D eigenvalue weighted by Gasteiger charge is -2.33. The normalized spacial score (nSPS) is 20.8. The molecule has 10 nitrogen and oxygen atoms in total. The van der Waals surface area contributed by atoms with Crippen LogP contribution in [0.2, 0.25) is 0 Å². The second-order valence-electron chi connectivity index (χ2n) is 10.8. The van der Waals surface area contributed by atoms with Gasteiger partial charge in [0.1, 0.15) is 6.61 Å². The fourth-order valence-electron chi connectivity index (χ4n) is 5.97. The summed E-state index contributed by atoms with van der Waals surface area (Å²) in [6.07, 6.45) is 9.15. The number of alkyl carbamates (subject to hydrolysis) is 1. The van der Waals surface area contributed by atoms with E-state index in [-0.39, 0.29) is 30.9 Å². The number of amides is 2. The molecule has 2 aromatic heterocycles. The molecule has 212 valence electrons. The third-order valence-corrected chi connectivity index (χ3v) is 8.13. The van der Waals surface area contributed by atoms with Crippen molar-refractivity contribution in [1.29, 1.82) is 0 Å². The Morgan fingerprint density at radius 3 is 2.60 bits per heavy atom. The summed E-state index contributed by atoms with van der Waals surface area (Å²) in [6.45, 7) is 0.730. The van der Waals surface area contributed by atoms with Gasteiger partial charge in [0.15, 0.2) is 11.1 Å². The van der Waals surface area contributed by atoms with Crippen LogP contribution in [-0.2, 0) is 32.1 Å². The summed E-state index contributed by atoms with van der Waals surface area (Å²) in [5, 5.41) is 10.6. The summed E-state index contributed by atoms with van der Waals surface area (Å²) >= 11 is 0. The number of piperidine rings is 1. The highest BCUT2D eigenvalue weighted by Gasteiger charge is 2.48. The predicted molar refractivity (Wildman–Crippen MR) is 147 cm³/mol. The van der Waals surface area contributed by atoms with Crippen LogP contribution in [0, 0.1) is 11.3 Å². The molecule has 1 saturated carbocycles. The van der Waals surface area contributed by atoms with Crippen LogP contribution in [0.25, 0.3) is 5.65 Å². The second kappa shape index (κ2) is 12.5. The van der Waals surface area contributed by atoms with Gasteiger partial charge >= 0.3 is 12.1 Å². The van der Waals surface area contributed by atoms with Crippen molar-refractivity contribution >= 4 is 23.6 Å². The minimum Gasteiger partial charge on any atom is -0.468 e. The average molecular weight is 548 g/mol. The Morgan fingerprint density at radius 2 is 1.88 bits per heavy atom. The van der Waals surface area contributed by atoms with Gasteiger partial charge < -0.3 is 20.1 Å². The first-order valence-electron chi connectivity index (χ1n) is 14.2. The molecule has 0 radical (unpaired) electrons. The minimum absolute atomic E-state index is 0.130. The first-order chi connectivity index (χ1) is 19.5. The topological polar surface area (TPSA) is 124 Å². The second-order valence-corrected chi connectivity index (χ2v) is 10.8. The van der Waals surface area contributed by atoms with E-state index >= 15 is 0 Å². The molecule has 1 aliphatic heterocycles. The Bertz CT molecular complexity index is 1320. The van der Waals surface area contributed by atoms with Crippen molar-refractivity contribution in [3.8, 4) is 0 Å². The third-order valence-electron chi connectivity index (χ3n) is 8.13. The predicted octanol–water partition coefficient (Wildman–Crippen LogP) is 4.28. The van der Waals surface area contributed by atoms with Gasteiger partial charge in [0, 0.05) is 13.0 Å². The Labute approximate surface area is 233 Å². The van der Waals surface area contributed by atoms with Gasteiger partial charge in [-0.3, -0.25) is 9.59 Å². The average Bonchev–Trinajstić information content (AvgIpc) is 3.20. The van der Waals surface area contributed by atoms with Crippen molar-refractivity contribution in [3.63, 3.8) is 0 Å². The molecule has 10 heteroatoms. The standard InChI is InChI=1S/C30H37N5O5/c1-39-28(37)30(16-9-17-31-27(30)36)18-23-14-15-25-32-24(19-35(25)34-23)26(22-12-7-2-3-8-13-22)33-29(38)40-20-21-10-5-4-6-11-21/h4-6,10-11,14-15,19,22,26H,2-3,7-9,12-13,16-18,20H2,1H3,(H,31,36)(H,33,38). The molecule has 2 N–H and O–H groups in total. The monoisotopic (exact) mass is 547 g/mol. The number of hydrogen-bond acceptors (Lipinski definition) is 7. The summed E-state index contributed by atoms with van der Waals surface area (Å²) in [7, 11) is 1.30. The van der Waals surface area contributed by atoms with E-state index < -0.39 is 17.5 Å². The van der Waals surface area contributed by atoms with Crippen molar-refractivity contribution in [2.24, 2.45) is 11.3 Å². The van der Waals surface area contributed by atoms with Gasteiger partial charge in [0.25, 0.3) is 0 Å². The minimum atomic E-state index is -1.30. The Kier molecular flexibility index (Phi) is 8.62. The maximum atomic E-state index is 12.9. The molecule has 2 aliphatic rings. The number of rotatable bonds is 8. The van der Waals surface area contributed by atoms with Crippen LogP contribution in [0.5, 0.6) is 0 Å². The van der Waals surface area contributed by atoms with E-state index in [9.17, 15) is 14.4 Å². The molecule has 3 heterocycles. The van der Waals surface area contributed by atoms with Gasteiger partial charge in [-0.25, -0.2) is 14.3 Å². The molecule has 40 heavy (non-hydrogen) atoms. The van der Waals surface area contributed by atoms with Crippen molar-refractivity contribution in [2.75, 3.05) is 13.7 Å². The SMILES string of the molecule is COC(=O)C1(Cc2ccc3nc(C(NC(=O)OCc4ccccc4)C4CCCCCC4)cn3n2)CCCNC1=O. The van der Waals surface area contributed by atoms with E-state index in [2.05, 4.69) is 10.6 Å². The summed E-state index contributed by atoms with van der Waals surface area (Å²) in [6, 6.07) is 12.9. The number of nitrogens with zero attached hydrogens (tertiary/aromatic N) is 3. The lowest BCUT2D eigenvalue weighted by molar-refractivity contribution is -0.161. The van der Waals surface area contributed by atoms with Gasteiger partial charge in [-0.05, 0) is 49.3 Å². The molecule has 2 amide bonds. The summed E-state index contributed by atoms with van der Waals surface area (Å²) in [4.78, 5) is 43.3. The highest BCUT2D eigenvalue weighted by molar-refractivity contribution is 6.03. The van der Waals surface area contributed by atoms with Crippen molar-refractivity contribution in [2.45, 2.75) is 70.4 Å². The molecule has 0 bridgehead atoms. The lowest BCUT2D eigenvalue weighted by atomic mass is 9.76. The Hall–Kier alpha value is -3.95. The molecular weight excluding hydrogens is 510 g/mol. The van der Waals surface area contributed by atoms with Crippen LogP contribution in [0.4, 0.5) is 4.79 Å². The number of benzene rings is 1. The molecule has 1 aromatic carbocycles. The zero-order valence-electron chi connectivity index (χ0n) is 22.9. The number of ether oxygens (including phenoxy) is 2. The van der Waals surface area contributed by atoms with E-state index in [0.29, 0.717) is 36.4 Å². The molecule has 5 rings (SSSR count). The number of fused-ring (bicyclic) bond motifs is 1. The molecular formula is C30H37N5O5. The number of esters is 1.